The number of piperidine rings is 1. The Balaban J connectivity index is 1.79. The first-order chi connectivity index (χ1) is 8.93. The Bertz CT molecular complexity index is 488. The van der Waals surface area contributed by atoms with E-state index in [9.17, 15) is 0 Å². The first-order valence-electron chi connectivity index (χ1n) is 6.35. The van der Waals surface area contributed by atoms with Crippen molar-refractivity contribution in [2.75, 3.05) is 6.54 Å². The van der Waals surface area contributed by atoms with Gasteiger partial charge in [0.25, 0.3) is 0 Å². The lowest BCUT2D eigenvalue weighted by Gasteiger charge is -2.22. The number of nitrogens with one attached hydrogen (secondary N) is 1. The summed E-state index contributed by atoms with van der Waals surface area (Å²) in [6, 6.07) is 6.21. The average molecular weight is 244 g/mol. The van der Waals surface area contributed by atoms with Crippen LogP contribution in [0.1, 0.15) is 25.1 Å². The SMILES string of the molecule is c1ccc(-n2nnnc2CC2CCCCN2)nc1. The van der Waals surface area contributed by atoms with Gasteiger partial charge in [-0.05, 0) is 41.9 Å². The number of rotatable bonds is 3. The van der Waals surface area contributed by atoms with Crippen LogP contribution in [0.5, 0.6) is 0 Å². The van der Waals surface area contributed by atoms with Crippen molar-refractivity contribution in [1.82, 2.24) is 30.5 Å². The van der Waals surface area contributed by atoms with Gasteiger partial charge in [-0.2, -0.15) is 4.68 Å². The van der Waals surface area contributed by atoms with Crippen molar-refractivity contribution in [2.24, 2.45) is 0 Å². The molecule has 1 fully saturated rings. The van der Waals surface area contributed by atoms with Gasteiger partial charge in [0.1, 0.15) is 0 Å². The van der Waals surface area contributed by atoms with Crippen molar-refractivity contribution in [3.8, 4) is 5.82 Å². The van der Waals surface area contributed by atoms with Gasteiger partial charge in [0.05, 0.1) is 0 Å². The lowest BCUT2D eigenvalue weighted by atomic mass is 10.0. The van der Waals surface area contributed by atoms with E-state index in [1.807, 2.05) is 18.2 Å². The minimum atomic E-state index is 0.479. The molecule has 6 heteroatoms. The molecule has 0 bridgehead atoms. The molecule has 0 aliphatic carbocycles. The lowest BCUT2D eigenvalue weighted by Crippen LogP contribution is -2.36. The molecule has 18 heavy (non-hydrogen) atoms. The second-order valence-corrected chi connectivity index (χ2v) is 4.55. The van der Waals surface area contributed by atoms with E-state index < -0.39 is 0 Å². The zero-order chi connectivity index (χ0) is 12.2. The van der Waals surface area contributed by atoms with Gasteiger partial charge in [0.15, 0.2) is 11.6 Å². The van der Waals surface area contributed by atoms with Crippen LogP contribution < -0.4 is 5.32 Å². The van der Waals surface area contributed by atoms with Gasteiger partial charge in [-0.15, -0.1) is 5.10 Å². The number of aromatic nitrogens is 5. The molecule has 1 aliphatic heterocycles. The molecule has 1 atom stereocenters. The smallest absolute Gasteiger partial charge is 0.160 e. The maximum Gasteiger partial charge on any atom is 0.160 e. The van der Waals surface area contributed by atoms with Crippen LogP contribution in [0.4, 0.5) is 0 Å². The predicted octanol–water partition coefficient (Wildman–Crippen LogP) is 0.742. The summed E-state index contributed by atoms with van der Waals surface area (Å²) in [5, 5.41) is 15.4. The fraction of sp³-hybridized carbons (Fsp3) is 0.500. The Morgan fingerprint density at radius 1 is 1.33 bits per heavy atom. The largest absolute Gasteiger partial charge is 0.314 e. The Labute approximate surface area is 105 Å². The summed E-state index contributed by atoms with van der Waals surface area (Å²) in [5.41, 5.74) is 0. The molecule has 2 aromatic heterocycles. The Morgan fingerprint density at radius 2 is 2.33 bits per heavy atom. The molecular weight excluding hydrogens is 228 g/mol. The first kappa shape index (κ1) is 11.3. The summed E-state index contributed by atoms with van der Waals surface area (Å²) in [6.45, 7) is 1.09. The third-order valence-electron chi connectivity index (χ3n) is 3.24. The van der Waals surface area contributed by atoms with Crippen LogP contribution in [0.2, 0.25) is 0 Å². The molecular formula is C12H16N6. The van der Waals surface area contributed by atoms with E-state index in [1.54, 1.807) is 10.9 Å². The van der Waals surface area contributed by atoms with Gasteiger partial charge >= 0.3 is 0 Å². The van der Waals surface area contributed by atoms with Crippen molar-refractivity contribution in [2.45, 2.75) is 31.7 Å². The highest BCUT2D eigenvalue weighted by atomic mass is 15.6. The van der Waals surface area contributed by atoms with Crippen molar-refractivity contribution in [3.05, 3.63) is 30.2 Å². The fourth-order valence-electron chi connectivity index (χ4n) is 2.31. The van der Waals surface area contributed by atoms with Crippen LogP contribution in [0.15, 0.2) is 24.4 Å². The first-order valence-corrected chi connectivity index (χ1v) is 6.35. The van der Waals surface area contributed by atoms with Crippen molar-refractivity contribution < 1.29 is 0 Å². The van der Waals surface area contributed by atoms with Crippen LogP contribution in [-0.4, -0.2) is 37.8 Å². The van der Waals surface area contributed by atoms with Crippen LogP contribution in [0, 0.1) is 0 Å². The lowest BCUT2D eigenvalue weighted by molar-refractivity contribution is 0.392. The van der Waals surface area contributed by atoms with Gasteiger partial charge in [-0.1, -0.05) is 12.5 Å². The van der Waals surface area contributed by atoms with E-state index in [-0.39, 0.29) is 0 Å². The molecule has 3 rings (SSSR count). The minimum Gasteiger partial charge on any atom is -0.314 e. The molecule has 2 aromatic rings. The molecule has 0 saturated carbocycles. The number of nitrogens with zero attached hydrogens (tertiary/aromatic N) is 5. The quantitative estimate of drug-likeness (QED) is 0.862. The molecule has 0 aromatic carbocycles. The van der Waals surface area contributed by atoms with Gasteiger partial charge < -0.3 is 5.32 Å². The highest BCUT2D eigenvalue weighted by Gasteiger charge is 2.17. The second-order valence-electron chi connectivity index (χ2n) is 4.55. The Kier molecular flexibility index (Phi) is 3.27. The van der Waals surface area contributed by atoms with E-state index in [0.29, 0.717) is 6.04 Å². The molecule has 1 aliphatic rings. The second kappa shape index (κ2) is 5.22. The van der Waals surface area contributed by atoms with Gasteiger partial charge in [-0.25, -0.2) is 4.98 Å². The molecule has 0 spiro atoms. The summed E-state index contributed by atoms with van der Waals surface area (Å²) in [6.07, 6.45) is 6.34. The van der Waals surface area contributed by atoms with Crippen molar-refractivity contribution in [3.63, 3.8) is 0 Å². The molecule has 3 heterocycles. The number of tetrazole rings is 1. The highest BCUT2D eigenvalue weighted by Crippen LogP contribution is 2.12. The van der Waals surface area contributed by atoms with Gasteiger partial charge in [0.2, 0.25) is 0 Å². The van der Waals surface area contributed by atoms with Crippen LogP contribution in [0.3, 0.4) is 0 Å². The summed E-state index contributed by atoms with van der Waals surface area (Å²) >= 11 is 0. The predicted molar refractivity (Wildman–Crippen MR) is 66.3 cm³/mol. The van der Waals surface area contributed by atoms with Crippen LogP contribution >= 0.6 is 0 Å². The van der Waals surface area contributed by atoms with Crippen molar-refractivity contribution in [1.29, 1.82) is 0 Å². The van der Waals surface area contributed by atoms with Gasteiger partial charge in [0, 0.05) is 18.7 Å². The summed E-state index contributed by atoms with van der Waals surface area (Å²) in [4.78, 5) is 4.28. The monoisotopic (exact) mass is 244 g/mol. The topological polar surface area (TPSA) is 68.5 Å². The maximum atomic E-state index is 4.28. The summed E-state index contributed by atoms with van der Waals surface area (Å²) in [5.74, 6) is 1.64. The third-order valence-corrected chi connectivity index (χ3v) is 3.24. The molecule has 0 radical (unpaired) electrons. The maximum absolute atomic E-state index is 4.28. The minimum absolute atomic E-state index is 0.479. The van der Waals surface area contributed by atoms with E-state index in [1.165, 1.54) is 19.3 Å². The van der Waals surface area contributed by atoms with E-state index in [0.717, 1.165) is 24.6 Å². The molecule has 0 amide bonds. The molecule has 1 unspecified atom stereocenters. The van der Waals surface area contributed by atoms with Gasteiger partial charge in [-0.3, -0.25) is 0 Å². The molecule has 6 nitrogen and oxygen atoms in total. The third kappa shape index (κ3) is 2.38. The normalized spacial score (nSPS) is 19.9. The number of hydrogen-bond donors (Lipinski definition) is 1. The number of hydrogen-bond acceptors (Lipinski definition) is 5. The van der Waals surface area contributed by atoms with Crippen molar-refractivity contribution >= 4 is 0 Å². The Hall–Kier alpha value is -1.82. The van der Waals surface area contributed by atoms with Crippen LogP contribution in [0.25, 0.3) is 5.82 Å². The van der Waals surface area contributed by atoms with E-state index in [4.69, 9.17) is 0 Å². The summed E-state index contributed by atoms with van der Waals surface area (Å²) < 4.78 is 1.72. The average Bonchev–Trinajstić information content (AvgIpc) is 2.89. The molecule has 1 N–H and O–H groups in total. The number of pyridine rings is 1. The molecule has 1 saturated heterocycles. The fourth-order valence-corrected chi connectivity index (χ4v) is 2.31. The van der Waals surface area contributed by atoms with E-state index in [2.05, 4.69) is 25.8 Å². The standard InChI is InChI=1S/C12H16N6/c1-3-7-13-10(5-1)9-12-15-16-17-18(12)11-6-2-4-8-14-11/h2,4,6,8,10,13H,1,3,5,7,9H2. The van der Waals surface area contributed by atoms with Crippen LogP contribution in [-0.2, 0) is 6.42 Å². The zero-order valence-electron chi connectivity index (χ0n) is 10.2. The van der Waals surface area contributed by atoms with E-state index >= 15 is 0 Å². The zero-order valence-corrected chi connectivity index (χ0v) is 10.2. The molecule has 94 valence electrons. The highest BCUT2D eigenvalue weighted by molar-refractivity contribution is 5.20. The summed E-state index contributed by atoms with van der Waals surface area (Å²) in [7, 11) is 0. The Morgan fingerprint density at radius 3 is 3.11 bits per heavy atom.